The van der Waals surface area contributed by atoms with Crippen LogP contribution in [0.15, 0.2) is 11.1 Å². The van der Waals surface area contributed by atoms with Crippen LogP contribution in [0, 0.1) is 5.41 Å². The lowest BCUT2D eigenvalue weighted by Gasteiger charge is -2.17. The van der Waals surface area contributed by atoms with E-state index < -0.39 is 0 Å². The maximum Gasteiger partial charge on any atom is 0.125 e. The van der Waals surface area contributed by atoms with Crippen molar-refractivity contribution < 1.29 is 4.79 Å². The average Bonchev–Trinajstić information content (AvgIpc) is 1.87. The van der Waals surface area contributed by atoms with Crippen LogP contribution in [0.1, 0.15) is 41.0 Å². The molecule has 1 nitrogen and oxygen atoms in total. The SMILES string of the molecule is CC(C)=C(C)CC(C)(C)C=O. The first-order valence-corrected chi connectivity index (χ1v) is 3.98. The minimum Gasteiger partial charge on any atom is -0.303 e. The molecule has 0 aromatic heterocycles. The molecule has 0 spiro atoms. The highest BCUT2D eigenvalue weighted by Gasteiger charge is 2.16. The van der Waals surface area contributed by atoms with Gasteiger partial charge in [-0.1, -0.05) is 25.0 Å². The van der Waals surface area contributed by atoms with Gasteiger partial charge in [0.05, 0.1) is 0 Å². The summed E-state index contributed by atoms with van der Waals surface area (Å²) >= 11 is 0. The highest BCUT2D eigenvalue weighted by atomic mass is 16.1. The fourth-order valence-electron chi connectivity index (χ4n) is 0.902. The molecule has 0 fully saturated rings. The topological polar surface area (TPSA) is 17.1 Å². The lowest BCUT2D eigenvalue weighted by molar-refractivity contribution is -0.114. The second kappa shape index (κ2) is 3.70. The molecule has 11 heavy (non-hydrogen) atoms. The van der Waals surface area contributed by atoms with E-state index in [2.05, 4.69) is 20.8 Å². The molecule has 0 N–H and O–H groups in total. The van der Waals surface area contributed by atoms with Gasteiger partial charge in [-0.3, -0.25) is 0 Å². The molecular weight excluding hydrogens is 136 g/mol. The molecule has 64 valence electrons. The molecule has 0 saturated heterocycles. The Hall–Kier alpha value is -0.590. The molecule has 1 heteroatoms. The fourth-order valence-corrected chi connectivity index (χ4v) is 0.902. The largest absolute Gasteiger partial charge is 0.303 e. The molecule has 0 amide bonds. The Bertz CT molecular complexity index is 171. The van der Waals surface area contributed by atoms with Crippen molar-refractivity contribution >= 4 is 6.29 Å². The van der Waals surface area contributed by atoms with Gasteiger partial charge >= 0.3 is 0 Å². The second-order valence-corrected chi connectivity index (χ2v) is 4.06. The smallest absolute Gasteiger partial charge is 0.125 e. The molecule has 0 aromatic carbocycles. The number of carbonyl (C=O) groups is 1. The van der Waals surface area contributed by atoms with Crippen LogP contribution < -0.4 is 0 Å². The molecule has 0 bridgehead atoms. The van der Waals surface area contributed by atoms with Gasteiger partial charge in [-0.2, -0.15) is 0 Å². The molecular formula is C10H18O. The third kappa shape index (κ3) is 3.97. The Balaban J connectivity index is 4.27. The zero-order valence-electron chi connectivity index (χ0n) is 8.19. The predicted molar refractivity (Wildman–Crippen MR) is 48.5 cm³/mol. The van der Waals surface area contributed by atoms with Crippen LogP contribution in [0.25, 0.3) is 0 Å². The number of hydrogen-bond donors (Lipinski definition) is 0. The van der Waals surface area contributed by atoms with E-state index in [1.165, 1.54) is 11.1 Å². The lowest BCUT2D eigenvalue weighted by atomic mass is 9.86. The number of rotatable bonds is 3. The van der Waals surface area contributed by atoms with Crippen LogP contribution in [0.4, 0.5) is 0 Å². The van der Waals surface area contributed by atoms with Crippen molar-refractivity contribution in [2.75, 3.05) is 0 Å². The van der Waals surface area contributed by atoms with Gasteiger partial charge in [0.15, 0.2) is 0 Å². The van der Waals surface area contributed by atoms with Crippen LogP contribution in [0.3, 0.4) is 0 Å². The standard InChI is InChI=1S/C10H18O/c1-8(2)9(3)6-10(4,5)7-11/h7H,6H2,1-5H3. The molecule has 0 heterocycles. The fraction of sp³-hybridized carbons (Fsp3) is 0.700. The van der Waals surface area contributed by atoms with Crippen LogP contribution in [0.2, 0.25) is 0 Å². The van der Waals surface area contributed by atoms with Gasteiger partial charge in [0.2, 0.25) is 0 Å². The molecule has 0 aliphatic rings. The second-order valence-electron chi connectivity index (χ2n) is 4.06. The third-order valence-electron chi connectivity index (χ3n) is 1.89. The first-order chi connectivity index (χ1) is 4.89. The van der Waals surface area contributed by atoms with E-state index in [0.717, 1.165) is 12.7 Å². The zero-order valence-corrected chi connectivity index (χ0v) is 8.19. The Kier molecular flexibility index (Phi) is 3.50. The van der Waals surface area contributed by atoms with Crippen LogP contribution in [-0.2, 0) is 4.79 Å². The summed E-state index contributed by atoms with van der Waals surface area (Å²) in [4.78, 5) is 10.6. The quantitative estimate of drug-likeness (QED) is 0.451. The van der Waals surface area contributed by atoms with Crippen molar-refractivity contribution in [1.29, 1.82) is 0 Å². The number of aldehydes is 1. The van der Waals surface area contributed by atoms with Crippen LogP contribution in [-0.4, -0.2) is 6.29 Å². The summed E-state index contributed by atoms with van der Waals surface area (Å²) in [6.07, 6.45) is 1.90. The first kappa shape index (κ1) is 10.4. The highest BCUT2D eigenvalue weighted by molar-refractivity contribution is 5.58. The maximum absolute atomic E-state index is 10.6. The van der Waals surface area contributed by atoms with E-state index in [4.69, 9.17) is 0 Å². The lowest BCUT2D eigenvalue weighted by Crippen LogP contribution is -2.13. The Morgan fingerprint density at radius 1 is 1.27 bits per heavy atom. The maximum atomic E-state index is 10.6. The molecule has 0 radical (unpaired) electrons. The van der Waals surface area contributed by atoms with E-state index in [1.54, 1.807) is 0 Å². The van der Waals surface area contributed by atoms with Crippen LogP contribution in [0.5, 0.6) is 0 Å². The summed E-state index contributed by atoms with van der Waals surface area (Å²) in [5.74, 6) is 0. The molecule has 0 aliphatic carbocycles. The van der Waals surface area contributed by atoms with E-state index in [9.17, 15) is 4.79 Å². The van der Waals surface area contributed by atoms with Gasteiger partial charge < -0.3 is 4.79 Å². The molecule has 0 unspecified atom stereocenters. The average molecular weight is 154 g/mol. The molecule has 0 aromatic rings. The summed E-state index contributed by atoms with van der Waals surface area (Å²) in [5.41, 5.74) is 2.45. The molecule has 0 atom stereocenters. The van der Waals surface area contributed by atoms with Gasteiger partial charge in [0, 0.05) is 5.41 Å². The van der Waals surface area contributed by atoms with Crippen molar-refractivity contribution in [3.05, 3.63) is 11.1 Å². The molecule has 0 saturated carbocycles. The number of carbonyl (C=O) groups excluding carboxylic acids is 1. The van der Waals surface area contributed by atoms with Gasteiger partial charge in [-0.05, 0) is 27.2 Å². The summed E-state index contributed by atoms with van der Waals surface area (Å²) in [6, 6.07) is 0. The minimum atomic E-state index is -0.193. The van der Waals surface area contributed by atoms with E-state index in [-0.39, 0.29) is 5.41 Å². The van der Waals surface area contributed by atoms with Crippen molar-refractivity contribution in [2.45, 2.75) is 41.0 Å². The minimum absolute atomic E-state index is 0.193. The van der Waals surface area contributed by atoms with Gasteiger partial charge in [0.25, 0.3) is 0 Å². The molecule has 0 aliphatic heterocycles. The zero-order chi connectivity index (χ0) is 9.07. The van der Waals surface area contributed by atoms with Crippen molar-refractivity contribution in [3.63, 3.8) is 0 Å². The summed E-state index contributed by atoms with van der Waals surface area (Å²) < 4.78 is 0. The van der Waals surface area contributed by atoms with E-state index in [1.807, 2.05) is 13.8 Å². The molecule has 0 rings (SSSR count). The normalized spacial score (nSPS) is 11.0. The summed E-state index contributed by atoms with van der Waals surface area (Å²) in [5, 5.41) is 0. The number of hydrogen-bond acceptors (Lipinski definition) is 1. The Morgan fingerprint density at radius 2 is 1.73 bits per heavy atom. The van der Waals surface area contributed by atoms with Gasteiger partial charge in [0.1, 0.15) is 6.29 Å². The predicted octanol–water partition coefficient (Wildman–Crippen LogP) is 2.96. The Labute approximate surface area is 69.5 Å². The summed E-state index contributed by atoms with van der Waals surface area (Å²) in [7, 11) is 0. The van der Waals surface area contributed by atoms with Gasteiger partial charge in [-0.25, -0.2) is 0 Å². The van der Waals surface area contributed by atoms with E-state index >= 15 is 0 Å². The van der Waals surface area contributed by atoms with E-state index in [0.29, 0.717) is 0 Å². The first-order valence-electron chi connectivity index (χ1n) is 3.98. The van der Waals surface area contributed by atoms with Crippen LogP contribution >= 0.6 is 0 Å². The van der Waals surface area contributed by atoms with Crippen molar-refractivity contribution in [3.8, 4) is 0 Å². The number of allylic oxidation sites excluding steroid dienone is 2. The third-order valence-corrected chi connectivity index (χ3v) is 1.89. The monoisotopic (exact) mass is 154 g/mol. The summed E-state index contributed by atoms with van der Waals surface area (Å²) in [6.45, 7) is 10.2. The Morgan fingerprint density at radius 3 is 2.00 bits per heavy atom. The van der Waals surface area contributed by atoms with Gasteiger partial charge in [-0.15, -0.1) is 0 Å². The van der Waals surface area contributed by atoms with Crippen molar-refractivity contribution in [1.82, 2.24) is 0 Å². The highest BCUT2D eigenvalue weighted by Crippen LogP contribution is 2.23. The van der Waals surface area contributed by atoms with Crippen molar-refractivity contribution in [2.24, 2.45) is 5.41 Å².